The summed E-state index contributed by atoms with van der Waals surface area (Å²) in [7, 11) is 0. The molecule has 0 spiro atoms. The van der Waals surface area contributed by atoms with Crippen LogP contribution in [-0.4, -0.2) is 66.3 Å². The number of carbonyl (C=O) groups excluding carboxylic acids is 3. The fourth-order valence-electron chi connectivity index (χ4n) is 3.54. The minimum absolute atomic E-state index is 0.0874. The summed E-state index contributed by atoms with van der Waals surface area (Å²) in [6.07, 6.45) is -5.49. The van der Waals surface area contributed by atoms with Crippen molar-refractivity contribution in [2.45, 2.75) is 51.0 Å². The van der Waals surface area contributed by atoms with E-state index in [1.54, 1.807) is 69.3 Å². The van der Waals surface area contributed by atoms with Crippen molar-refractivity contribution < 1.29 is 37.7 Å². The first-order chi connectivity index (χ1) is 17.1. The standard InChI is InChI=1S/C27H30FNO7/c1-5-16-29(26(32)36-27(2,3)4)23-21(28)22(35-25(31)19-14-10-7-11-15-19)20(34-23)17-33-24(30)18-12-8-6-9-13-18/h5-15,20-23H,1,16-17H2,2-4H3/t20-,21+,22-,23-/m1/s1. The molecule has 8 nitrogen and oxygen atoms in total. The number of carbonyl (C=O) groups is 3. The zero-order valence-electron chi connectivity index (χ0n) is 20.5. The highest BCUT2D eigenvalue weighted by Crippen LogP contribution is 2.31. The van der Waals surface area contributed by atoms with Gasteiger partial charge in [0.25, 0.3) is 0 Å². The Morgan fingerprint density at radius 2 is 1.56 bits per heavy atom. The lowest BCUT2D eigenvalue weighted by atomic mass is 10.1. The maximum absolute atomic E-state index is 15.8. The first-order valence-electron chi connectivity index (χ1n) is 11.5. The van der Waals surface area contributed by atoms with Crippen molar-refractivity contribution in [1.82, 2.24) is 4.90 Å². The number of esters is 2. The van der Waals surface area contributed by atoms with Crippen LogP contribution >= 0.6 is 0 Å². The third-order valence-corrected chi connectivity index (χ3v) is 5.17. The van der Waals surface area contributed by atoms with Crippen molar-refractivity contribution in [1.29, 1.82) is 0 Å². The lowest BCUT2D eigenvalue weighted by Crippen LogP contribution is -2.48. The molecular formula is C27H30FNO7. The molecule has 1 amide bonds. The molecule has 0 saturated carbocycles. The number of halogens is 1. The minimum Gasteiger partial charge on any atom is -0.459 e. The van der Waals surface area contributed by atoms with Crippen molar-refractivity contribution in [2.75, 3.05) is 13.2 Å². The topological polar surface area (TPSA) is 91.4 Å². The van der Waals surface area contributed by atoms with Gasteiger partial charge in [0.1, 0.15) is 18.3 Å². The molecule has 1 aliphatic rings. The molecule has 0 radical (unpaired) electrons. The Balaban J connectivity index is 1.82. The Morgan fingerprint density at radius 1 is 1.00 bits per heavy atom. The Hall–Kier alpha value is -3.72. The molecule has 1 heterocycles. The number of ether oxygens (including phenoxy) is 4. The van der Waals surface area contributed by atoms with E-state index in [4.69, 9.17) is 18.9 Å². The van der Waals surface area contributed by atoms with Crippen LogP contribution in [-0.2, 0) is 18.9 Å². The van der Waals surface area contributed by atoms with Crippen LogP contribution in [0.1, 0.15) is 41.5 Å². The van der Waals surface area contributed by atoms with E-state index < -0.39 is 54.8 Å². The second-order valence-corrected chi connectivity index (χ2v) is 9.13. The summed E-state index contributed by atoms with van der Waals surface area (Å²) in [5.74, 6) is -1.43. The first kappa shape index (κ1) is 26.9. The second kappa shape index (κ2) is 11.8. The number of rotatable bonds is 8. The summed E-state index contributed by atoms with van der Waals surface area (Å²) in [5.41, 5.74) is -0.336. The van der Waals surface area contributed by atoms with Crippen molar-refractivity contribution in [3.8, 4) is 0 Å². The summed E-state index contributed by atoms with van der Waals surface area (Å²) >= 11 is 0. The molecule has 0 unspecified atom stereocenters. The van der Waals surface area contributed by atoms with E-state index in [1.807, 2.05) is 0 Å². The molecular weight excluding hydrogens is 469 g/mol. The third kappa shape index (κ3) is 6.91. The highest BCUT2D eigenvalue weighted by atomic mass is 19.1. The van der Waals surface area contributed by atoms with Crippen LogP contribution in [0.4, 0.5) is 9.18 Å². The molecule has 192 valence electrons. The summed E-state index contributed by atoms with van der Waals surface area (Å²) in [6, 6.07) is 16.3. The minimum atomic E-state index is -1.95. The van der Waals surface area contributed by atoms with Crippen molar-refractivity contribution >= 4 is 18.0 Å². The Bertz CT molecular complexity index is 1050. The Labute approximate surface area is 209 Å². The largest absolute Gasteiger partial charge is 0.459 e. The molecule has 0 aliphatic carbocycles. The maximum atomic E-state index is 15.8. The zero-order valence-corrected chi connectivity index (χ0v) is 20.5. The van der Waals surface area contributed by atoms with Crippen LogP contribution < -0.4 is 0 Å². The Morgan fingerprint density at radius 3 is 2.08 bits per heavy atom. The molecule has 0 bridgehead atoms. The zero-order chi connectivity index (χ0) is 26.3. The molecule has 1 aliphatic heterocycles. The lowest BCUT2D eigenvalue weighted by Gasteiger charge is -2.31. The van der Waals surface area contributed by atoms with Crippen LogP contribution in [0.25, 0.3) is 0 Å². The van der Waals surface area contributed by atoms with Gasteiger partial charge in [-0.25, -0.2) is 18.8 Å². The molecule has 36 heavy (non-hydrogen) atoms. The predicted molar refractivity (Wildman–Crippen MR) is 129 cm³/mol. The van der Waals surface area contributed by atoms with Gasteiger partial charge in [0.05, 0.1) is 11.1 Å². The van der Waals surface area contributed by atoms with Crippen LogP contribution in [0, 0.1) is 0 Å². The maximum Gasteiger partial charge on any atom is 0.412 e. The predicted octanol–water partition coefficient (Wildman–Crippen LogP) is 4.56. The van der Waals surface area contributed by atoms with Crippen LogP contribution in [0.2, 0.25) is 0 Å². The number of amides is 1. The number of benzene rings is 2. The van der Waals surface area contributed by atoms with E-state index in [0.29, 0.717) is 5.56 Å². The number of hydrogen-bond donors (Lipinski definition) is 0. The van der Waals surface area contributed by atoms with Gasteiger partial charge in [0.2, 0.25) is 0 Å². The summed E-state index contributed by atoms with van der Waals surface area (Å²) in [4.78, 5) is 39.0. The number of nitrogens with zero attached hydrogens (tertiary/aromatic N) is 1. The van der Waals surface area contributed by atoms with Gasteiger partial charge in [0.15, 0.2) is 18.5 Å². The molecule has 1 fully saturated rings. The molecule has 3 rings (SSSR count). The van der Waals surface area contributed by atoms with E-state index in [-0.39, 0.29) is 12.1 Å². The van der Waals surface area contributed by atoms with Crippen LogP contribution in [0.3, 0.4) is 0 Å². The summed E-state index contributed by atoms with van der Waals surface area (Å²) in [6.45, 7) is 8.15. The van der Waals surface area contributed by atoms with E-state index >= 15 is 4.39 Å². The van der Waals surface area contributed by atoms with Crippen LogP contribution in [0.5, 0.6) is 0 Å². The normalized spacial score (nSPS) is 21.3. The van der Waals surface area contributed by atoms with Gasteiger partial charge in [-0.2, -0.15) is 0 Å². The van der Waals surface area contributed by atoms with E-state index in [9.17, 15) is 14.4 Å². The van der Waals surface area contributed by atoms with Crippen LogP contribution in [0.15, 0.2) is 73.3 Å². The lowest BCUT2D eigenvalue weighted by molar-refractivity contribution is -0.0886. The van der Waals surface area contributed by atoms with Gasteiger partial charge in [-0.3, -0.25) is 4.90 Å². The molecule has 4 atom stereocenters. The molecule has 9 heteroatoms. The quantitative estimate of drug-likeness (QED) is 0.299. The fourth-order valence-corrected chi connectivity index (χ4v) is 3.54. The van der Waals surface area contributed by atoms with E-state index in [0.717, 1.165) is 4.90 Å². The highest BCUT2D eigenvalue weighted by molar-refractivity contribution is 5.90. The number of alkyl halides is 1. The first-order valence-corrected chi connectivity index (χ1v) is 11.5. The van der Waals surface area contributed by atoms with Crippen molar-refractivity contribution in [3.63, 3.8) is 0 Å². The second-order valence-electron chi connectivity index (χ2n) is 9.13. The third-order valence-electron chi connectivity index (χ3n) is 5.17. The van der Waals surface area contributed by atoms with Crippen molar-refractivity contribution in [3.05, 3.63) is 84.4 Å². The highest BCUT2D eigenvalue weighted by Gasteiger charge is 2.52. The van der Waals surface area contributed by atoms with Gasteiger partial charge >= 0.3 is 18.0 Å². The molecule has 0 N–H and O–H groups in total. The monoisotopic (exact) mass is 499 g/mol. The molecule has 1 saturated heterocycles. The summed E-state index contributed by atoms with van der Waals surface area (Å²) < 4.78 is 37.8. The number of hydrogen-bond acceptors (Lipinski definition) is 7. The average Bonchev–Trinajstić information content (AvgIpc) is 3.15. The summed E-state index contributed by atoms with van der Waals surface area (Å²) in [5, 5.41) is 0. The van der Waals surface area contributed by atoms with E-state index in [1.165, 1.54) is 18.2 Å². The SMILES string of the molecule is C=CCN(C(=O)OC(C)(C)C)[C@@H]1O[C@H](COC(=O)c2ccccc2)[C@@H](OC(=O)c2ccccc2)[C@@H]1F. The van der Waals surface area contributed by atoms with Gasteiger partial charge < -0.3 is 18.9 Å². The van der Waals surface area contributed by atoms with Gasteiger partial charge in [-0.05, 0) is 45.0 Å². The Kier molecular flexibility index (Phi) is 8.82. The molecule has 0 aromatic heterocycles. The van der Waals surface area contributed by atoms with Gasteiger partial charge in [-0.15, -0.1) is 6.58 Å². The fraction of sp³-hybridized carbons (Fsp3) is 0.370. The smallest absolute Gasteiger partial charge is 0.412 e. The van der Waals surface area contributed by atoms with Gasteiger partial charge in [0, 0.05) is 6.54 Å². The average molecular weight is 500 g/mol. The van der Waals surface area contributed by atoms with E-state index in [2.05, 4.69) is 6.58 Å². The van der Waals surface area contributed by atoms with Gasteiger partial charge in [-0.1, -0.05) is 42.5 Å². The molecule has 2 aromatic carbocycles. The molecule has 2 aromatic rings. The van der Waals surface area contributed by atoms with Crippen molar-refractivity contribution in [2.24, 2.45) is 0 Å².